The molecule has 1 aromatic carbocycles. The van der Waals surface area contributed by atoms with E-state index in [1.807, 2.05) is 24.3 Å². The van der Waals surface area contributed by atoms with Crippen LogP contribution in [0.3, 0.4) is 0 Å². The number of fused-ring (bicyclic) bond motifs is 5. The maximum Gasteiger partial charge on any atom is 0.119 e. The summed E-state index contributed by atoms with van der Waals surface area (Å²) in [7, 11) is 0. The van der Waals surface area contributed by atoms with Crippen LogP contribution in [0.15, 0.2) is 36.4 Å². The lowest BCUT2D eigenvalue weighted by Crippen LogP contribution is -2.56. The molecule has 0 saturated heterocycles. The predicted molar refractivity (Wildman–Crippen MR) is 114 cm³/mol. The summed E-state index contributed by atoms with van der Waals surface area (Å²) in [6.45, 7) is 8.28. The van der Waals surface area contributed by atoms with E-state index in [4.69, 9.17) is 21.1 Å². The number of hydrogen-bond acceptors (Lipinski definition) is 2. The zero-order valence-electron chi connectivity index (χ0n) is 17.4. The quantitative estimate of drug-likeness (QED) is 0.525. The molecule has 0 amide bonds. The zero-order chi connectivity index (χ0) is 19.5. The fourth-order valence-electron chi connectivity index (χ4n) is 7.44. The topological polar surface area (TPSA) is 18.5 Å². The van der Waals surface area contributed by atoms with Crippen molar-refractivity contribution in [3.63, 3.8) is 0 Å². The molecule has 28 heavy (non-hydrogen) atoms. The highest BCUT2D eigenvalue weighted by molar-refractivity contribution is 6.30. The second-order valence-electron chi connectivity index (χ2n) is 10.4. The molecule has 3 fully saturated rings. The Balaban J connectivity index is 1.39. The molecule has 1 aromatic rings. The summed E-state index contributed by atoms with van der Waals surface area (Å²) in [4.78, 5) is 0. The maximum absolute atomic E-state index is 6.44. The van der Waals surface area contributed by atoms with Crippen LogP contribution in [-0.4, -0.2) is 18.8 Å². The van der Waals surface area contributed by atoms with Gasteiger partial charge in [0.05, 0.1) is 18.8 Å². The van der Waals surface area contributed by atoms with Crippen molar-refractivity contribution < 1.29 is 9.47 Å². The largest absolute Gasteiger partial charge is 0.490 e. The first kappa shape index (κ1) is 19.0. The van der Waals surface area contributed by atoms with Crippen LogP contribution >= 0.6 is 11.6 Å². The number of rotatable bonds is 2. The van der Waals surface area contributed by atoms with Gasteiger partial charge in [0.25, 0.3) is 0 Å². The normalized spacial score (nSPS) is 47.1. The van der Waals surface area contributed by atoms with E-state index in [9.17, 15) is 0 Å². The highest BCUT2D eigenvalue weighted by atomic mass is 35.5. The summed E-state index contributed by atoms with van der Waals surface area (Å²) in [6, 6.07) is 7.87. The van der Waals surface area contributed by atoms with Gasteiger partial charge in [-0.15, -0.1) is 0 Å². The van der Waals surface area contributed by atoms with Crippen LogP contribution in [0.2, 0.25) is 5.02 Å². The van der Waals surface area contributed by atoms with E-state index in [1.165, 1.54) is 32.1 Å². The van der Waals surface area contributed by atoms with Crippen molar-refractivity contribution in [2.24, 2.45) is 34.5 Å². The van der Waals surface area contributed by atoms with Gasteiger partial charge in [-0.2, -0.15) is 0 Å². The third kappa shape index (κ3) is 2.94. The Hall–Kier alpha value is -0.990. The van der Waals surface area contributed by atoms with Gasteiger partial charge in [0.1, 0.15) is 5.75 Å². The molecule has 8 atom stereocenters. The van der Waals surface area contributed by atoms with Crippen LogP contribution in [0, 0.1) is 34.5 Å². The van der Waals surface area contributed by atoms with Crippen molar-refractivity contribution in [3.8, 4) is 5.75 Å². The van der Waals surface area contributed by atoms with Crippen molar-refractivity contribution in [1.82, 2.24) is 0 Å². The van der Waals surface area contributed by atoms with Gasteiger partial charge in [0, 0.05) is 10.4 Å². The van der Waals surface area contributed by atoms with Gasteiger partial charge in [0.15, 0.2) is 0 Å². The van der Waals surface area contributed by atoms with Gasteiger partial charge in [-0.25, -0.2) is 0 Å². The Morgan fingerprint density at radius 2 is 1.89 bits per heavy atom. The van der Waals surface area contributed by atoms with Crippen LogP contribution in [0.1, 0.15) is 52.9 Å². The molecular weight excluding hydrogens is 368 g/mol. The van der Waals surface area contributed by atoms with Crippen LogP contribution < -0.4 is 4.74 Å². The molecule has 152 valence electrons. The predicted octanol–water partition coefficient (Wildman–Crippen LogP) is 6.53. The van der Waals surface area contributed by atoms with E-state index >= 15 is 0 Å². The first-order valence-corrected chi connectivity index (χ1v) is 11.5. The minimum absolute atomic E-state index is 0.214. The third-order valence-electron chi connectivity index (χ3n) is 8.78. The lowest BCUT2D eigenvalue weighted by Gasteiger charge is -2.60. The first-order chi connectivity index (χ1) is 13.4. The molecule has 0 spiro atoms. The lowest BCUT2D eigenvalue weighted by atomic mass is 9.47. The molecule has 0 bridgehead atoms. The zero-order valence-corrected chi connectivity index (χ0v) is 18.1. The number of halogens is 1. The van der Waals surface area contributed by atoms with Crippen LogP contribution in [0.25, 0.3) is 0 Å². The summed E-state index contributed by atoms with van der Waals surface area (Å²) in [5.74, 6) is 3.97. The van der Waals surface area contributed by atoms with Gasteiger partial charge in [-0.05, 0) is 85.5 Å². The molecule has 4 aliphatic rings. The molecular formula is C25H33ClO2. The molecule has 1 aliphatic heterocycles. The Bertz CT molecular complexity index is 758. The molecule has 0 N–H and O–H groups in total. The monoisotopic (exact) mass is 400 g/mol. The standard InChI is InChI=1S/C25H33ClO2/c1-16-13-22-25(3,10-4-12-27-22)20-9-11-24(2)15-19(14-21(24)23(16)20)28-18-7-5-17(26)6-8-18/h4-8,10,16,19-23H,9,11-15H2,1-3H3/t16-,19-,20-,21-,22+,23+,24+,25+/m0/s1. The Morgan fingerprint density at radius 3 is 2.68 bits per heavy atom. The van der Waals surface area contributed by atoms with E-state index in [0.717, 1.165) is 41.1 Å². The van der Waals surface area contributed by atoms with Crippen LogP contribution in [0.4, 0.5) is 0 Å². The number of ether oxygens (including phenoxy) is 2. The second kappa shape index (κ2) is 6.77. The summed E-state index contributed by atoms with van der Waals surface area (Å²) >= 11 is 6.04. The van der Waals surface area contributed by atoms with Gasteiger partial charge >= 0.3 is 0 Å². The van der Waals surface area contributed by atoms with Gasteiger partial charge in [-0.1, -0.05) is 44.5 Å². The molecule has 3 saturated carbocycles. The van der Waals surface area contributed by atoms with Crippen molar-refractivity contribution in [2.45, 2.75) is 65.1 Å². The molecule has 0 unspecified atom stereocenters. The lowest BCUT2D eigenvalue weighted by molar-refractivity contribution is -0.146. The van der Waals surface area contributed by atoms with Crippen molar-refractivity contribution in [1.29, 1.82) is 0 Å². The van der Waals surface area contributed by atoms with E-state index in [1.54, 1.807) is 0 Å². The Labute approximate surface area is 174 Å². The van der Waals surface area contributed by atoms with Gasteiger partial charge < -0.3 is 9.47 Å². The van der Waals surface area contributed by atoms with Gasteiger partial charge in [-0.3, -0.25) is 0 Å². The third-order valence-corrected chi connectivity index (χ3v) is 9.04. The summed E-state index contributed by atoms with van der Waals surface area (Å²) in [5, 5.41) is 0.767. The second-order valence-corrected chi connectivity index (χ2v) is 10.9. The molecule has 3 heteroatoms. The fraction of sp³-hybridized carbons (Fsp3) is 0.680. The summed E-state index contributed by atoms with van der Waals surface area (Å²) in [5.41, 5.74) is 0.626. The van der Waals surface area contributed by atoms with E-state index in [2.05, 4.69) is 32.9 Å². The molecule has 0 radical (unpaired) electrons. The minimum Gasteiger partial charge on any atom is -0.490 e. The summed E-state index contributed by atoms with van der Waals surface area (Å²) in [6.07, 6.45) is 11.7. The van der Waals surface area contributed by atoms with E-state index in [0.29, 0.717) is 17.6 Å². The number of benzene rings is 1. The average molecular weight is 401 g/mol. The fourth-order valence-corrected chi connectivity index (χ4v) is 7.57. The summed E-state index contributed by atoms with van der Waals surface area (Å²) < 4.78 is 12.7. The van der Waals surface area contributed by atoms with Crippen molar-refractivity contribution in [3.05, 3.63) is 41.4 Å². The number of hydrogen-bond donors (Lipinski definition) is 0. The van der Waals surface area contributed by atoms with Crippen molar-refractivity contribution >= 4 is 11.6 Å². The van der Waals surface area contributed by atoms with Crippen LogP contribution in [-0.2, 0) is 4.74 Å². The maximum atomic E-state index is 6.44. The van der Waals surface area contributed by atoms with E-state index in [-0.39, 0.29) is 5.41 Å². The highest BCUT2D eigenvalue weighted by Crippen LogP contribution is 2.65. The smallest absolute Gasteiger partial charge is 0.119 e. The minimum atomic E-state index is 0.214. The van der Waals surface area contributed by atoms with Gasteiger partial charge in [0.2, 0.25) is 0 Å². The molecule has 1 heterocycles. The Kier molecular flexibility index (Phi) is 4.60. The van der Waals surface area contributed by atoms with Crippen molar-refractivity contribution in [2.75, 3.05) is 6.61 Å². The highest BCUT2D eigenvalue weighted by Gasteiger charge is 2.60. The van der Waals surface area contributed by atoms with E-state index < -0.39 is 0 Å². The SMILES string of the molecule is C[C@H]1C[C@H]2OCC=C[C@]2(C)[C@H]2CC[C@]3(C)C[C@@H](Oc4ccc(Cl)cc4)C[C@H]3[C@H]12. The molecule has 3 aliphatic carbocycles. The molecule has 0 aromatic heterocycles. The Morgan fingerprint density at radius 1 is 1.11 bits per heavy atom. The first-order valence-electron chi connectivity index (χ1n) is 11.1. The average Bonchev–Trinajstić information content (AvgIpc) is 3.00. The molecule has 5 rings (SSSR count). The molecule has 2 nitrogen and oxygen atoms in total. The van der Waals surface area contributed by atoms with Crippen LogP contribution in [0.5, 0.6) is 5.75 Å².